The van der Waals surface area contributed by atoms with Crippen molar-refractivity contribution in [1.82, 2.24) is 5.32 Å². The van der Waals surface area contributed by atoms with Crippen molar-refractivity contribution in [3.05, 3.63) is 29.6 Å². The molecule has 6 heteroatoms. The van der Waals surface area contributed by atoms with Gasteiger partial charge in [-0.25, -0.2) is 14.0 Å². The molecule has 0 saturated heterocycles. The number of rotatable bonds is 5. The molecule has 1 fully saturated rings. The standard InChI is InChI=1S/C15H19FN2O3/c16-12-6-5-11(14(19)20)9-13(12)18-15(21)17-8-7-10-3-1-2-4-10/h5-6,9-10H,1-4,7-8H2,(H,19,20)(H2,17,18,21). The van der Waals surface area contributed by atoms with Crippen LogP contribution in [0, 0.1) is 11.7 Å². The van der Waals surface area contributed by atoms with Gasteiger partial charge < -0.3 is 15.7 Å². The van der Waals surface area contributed by atoms with E-state index in [0.29, 0.717) is 12.5 Å². The lowest BCUT2D eigenvalue weighted by molar-refractivity contribution is 0.0697. The molecule has 0 radical (unpaired) electrons. The Kier molecular flexibility index (Phi) is 5.14. The van der Waals surface area contributed by atoms with Gasteiger partial charge in [-0.05, 0) is 30.5 Å². The molecule has 1 aliphatic rings. The fourth-order valence-corrected chi connectivity index (χ4v) is 2.61. The summed E-state index contributed by atoms with van der Waals surface area (Å²) in [5.74, 6) is -1.16. The Labute approximate surface area is 122 Å². The number of hydrogen-bond donors (Lipinski definition) is 3. The van der Waals surface area contributed by atoms with Gasteiger partial charge in [0.15, 0.2) is 0 Å². The number of nitrogens with one attached hydrogen (secondary N) is 2. The first-order valence-corrected chi connectivity index (χ1v) is 7.14. The highest BCUT2D eigenvalue weighted by atomic mass is 19.1. The van der Waals surface area contributed by atoms with Gasteiger partial charge >= 0.3 is 12.0 Å². The zero-order chi connectivity index (χ0) is 15.2. The summed E-state index contributed by atoms with van der Waals surface area (Å²) in [6.07, 6.45) is 5.84. The minimum atomic E-state index is -1.17. The highest BCUT2D eigenvalue weighted by Gasteiger charge is 2.15. The third kappa shape index (κ3) is 4.44. The van der Waals surface area contributed by atoms with Gasteiger partial charge in [0.05, 0.1) is 11.3 Å². The van der Waals surface area contributed by atoms with Crippen LogP contribution in [0.1, 0.15) is 42.5 Å². The summed E-state index contributed by atoms with van der Waals surface area (Å²) in [6, 6.07) is 2.77. The van der Waals surface area contributed by atoms with Crippen LogP contribution in [0.25, 0.3) is 0 Å². The lowest BCUT2D eigenvalue weighted by Crippen LogP contribution is -2.30. The van der Waals surface area contributed by atoms with Gasteiger partial charge in [-0.1, -0.05) is 25.7 Å². The van der Waals surface area contributed by atoms with Crippen molar-refractivity contribution in [3.8, 4) is 0 Å². The van der Waals surface area contributed by atoms with Crippen molar-refractivity contribution in [2.75, 3.05) is 11.9 Å². The summed E-state index contributed by atoms with van der Waals surface area (Å²) in [5.41, 5.74) is -0.203. The maximum atomic E-state index is 13.5. The Morgan fingerprint density at radius 2 is 2.00 bits per heavy atom. The van der Waals surface area contributed by atoms with Crippen LogP contribution in [-0.4, -0.2) is 23.7 Å². The molecule has 21 heavy (non-hydrogen) atoms. The van der Waals surface area contributed by atoms with Crippen LogP contribution < -0.4 is 10.6 Å². The number of carbonyl (C=O) groups excluding carboxylic acids is 1. The number of benzene rings is 1. The number of amides is 2. The molecule has 0 atom stereocenters. The molecule has 0 aromatic heterocycles. The van der Waals surface area contributed by atoms with Crippen LogP contribution >= 0.6 is 0 Å². The smallest absolute Gasteiger partial charge is 0.335 e. The number of carboxylic acid groups (broad SMARTS) is 1. The molecule has 114 valence electrons. The van der Waals surface area contributed by atoms with Crippen molar-refractivity contribution in [3.63, 3.8) is 0 Å². The molecule has 0 heterocycles. The first-order valence-electron chi connectivity index (χ1n) is 7.14. The maximum absolute atomic E-state index is 13.5. The van der Waals surface area contributed by atoms with E-state index in [1.807, 2.05) is 0 Å². The van der Waals surface area contributed by atoms with Gasteiger partial charge in [-0.2, -0.15) is 0 Å². The van der Waals surface area contributed by atoms with E-state index in [1.165, 1.54) is 25.7 Å². The van der Waals surface area contributed by atoms with Crippen molar-refractivity contribution < 1.29 is 19.1 Å². The Bertz CT molecular complexity index is 528. The van der Waals surface area contributed by atoms with E-state index in [2.05, 4.69) is 10.6 Å². The summed E-state index contributed by atoms with van der Waals surface area (Å²) in [4.78, 5) is 22.5. The second kappa shape index (κ2) is 7.06. The van der Waals surface area contributed by atoms with Gasteiger partial charge in [0.25, 0.3) is 0 Å². The average Bonchev–Trinajstić information content (AvgIpc) is 2.94. The van der Waals surface area contributed by atoms with E-state index in [-0.39, 0.29) is 11.3 Å². The summed E-state index contributed by atoms with van der Waals surface area (Å²) < 4.78 is 13.5. The average molecular weight is 294 g/mol. The number of halogens is 1. The molecule has 2 amide bonds. The predicted molar refractivity (Wildman–Crippen MR) is 77.0 cm³/mol. The maximum Gasteiger partial charge on any atom is 0.335 e. The van der Waals surface area contributed by atoms with E-state index >= 15 is 0 Å². The largest absolute Gasteiger partial charge is 0.478 e. The Hall–Kier alpha value is -2.11. The Morgan fingerprint density at radius 3 is 2.67 bits per heavy atom. The minimum absolute atomic E-state index is 0.0716. The second-order valence-corrected chi connectivity index (χ2v) is 5.32. The number of urea groups is 1. The summed E-state index contributed by atoms with van der Waals surface area (Å²) in [6.45, 7) is 0.538. The van der Waals surface area contributed by atoms with Crippen LogP contribution in [0.15, 0.2) is 18.2 Å². The van der Waals surface area contributed by atoms with Crippen LogP contribution in [-0.2, 0) is 0 Å². The number of anilines is 1. The third-order valence-corrected chi connectivity index (χ3v) is 3.77. The Morgan fingerprint density at radius 1 is 1.29 bits per heavy atom. The molecule has 0 spiro atoms. The first-order chi connectivity index (χ1) is 10.1. The number of carboxylic acids is 1. The highest BCUT2D eigenvalue weighted by molar-refractivity contribution is 5.93. The van der Waals surface area contributed by atoms with Gasteiger partial charge in [-0.3, -0.25) is 0 Å². The Balaban J connectivity index is 1.84. The van der Waals surface area contributed by atoms with E-state index < -0.39 is 17.8 Å². The van der Waals surface area contributed by atoms with Crippen molar-refractivity contribution in [2.24, 2.45) is 5.92 Å². The number of carbonyl (C=O) groups is 2. The van der Waals surface area contributed by atoms with Crippen LogP contribution in [0.4, 0.5) is 14.9 Å². The summed E-state index contributed by atoms with van der Waals surface area (Å²) in [7, 11) is 0. The number of aromatic carboxylic acids is 1. The van der Waals surface area contributed by atoms with E-state index in [0.717, 1.165) is 24.6 Å². The predicted octanol–water partition coefficient (Wildman–Crippen LogP) is 3.23. The van der Waals surface area contributed by atoms with E-state index in [9.17, 15) is 14.0 Å². The van der Waals surface area contributed by atoms with Gasteiger partial charge in [0, 0.05) is 6.54 Å². The molecule has 1 saturated carbocycles. The first kappa shape index (κ1) is 15.3. The van der Waals surface area contributed by atoms with Crippen molar-refractivity contribution in [1.29, 1.82) is 0 Å². The molecule has 1 aromatic carbocycles. The van der Waals surface area contributed by atoms with Crippen LogP contribution in [0.2, 0.25) is 0 Å². The molecular formula is C15H19FN2O3. The van der Waals surface area contributed by atoms with Crippen molar-refractivity contribution in [2.45, 2.75) is 32.1 Å². The zero-order valence-electron chi connectivity index (χ0n) is 11.7. The van der Waals surface area contributed by atoms with Crippen molar-refractivity contribution >= 4 is 17.7 Å². The fourth-order valence-electron chi connectivity index (χ4n) is 2.61. The summed E-state index contributed by atoms with van der Waals surface area (Å²) in [5, 5.41) is 13.9. The second-order valence-electron chi connectivity index (χ2n) is 5.32. The van der Waals surface area contributed by atoms with Gasteiger partial charge in [-0.15, -0.1) is 0 Å². The normalized spacial score (nSPS) is 14.9. The van der Waals surface area contributed by atoms with Crippen LogP contribution in [0.3, 0.4) is 0 Å². The van der Waals surface area contributed by atoms with Gasteiger partial charge in [0.2, 0.25) is 0 Å². The molecule has 0 aliphatic heterocycles. The lowest BCUT2D eigenvalue weighted by atomic mass is 10.0. The molecule has 1 aliphatic carbocycles. The molecule has 0 bridgehead atoms. The highest BCUT2D eigenvalue weighted by Crippen LogP contribution is 2.26. The lowest BCUT2D eigenvalue weighted by Gasteiger charge is -2.11. The fraction of sp³-hybridized carbons (Fsp3) is 0.467. The molecule has 1 aromatic rings. The summed E-state index contributed by atoms with van der Waals surface area (Å²) >= 11 is 0. The molecule has 0 unspecified atom stereocenters. The minimum Gasteiger partial charge on any atom is -0.478 e. The molecule has 3 N–H and O–H groups in total. The third-order valence-electron chi connectivity index (χ3n) is 3.77. The molecule has 2 rings (SSSR count). The SMILES string of the molecule is O=C(NCCC1CCCC1)Nc1cc(C(=O)O)ccc1F. The quantitative estimate of drug-likeness (QED) is 0.780. The number of hydrogen-bond acceptors (Lipinski definition) is 2. The topological polar surface area (TPSA) is 78.4 Å². The zero-order valence-corrected chi connectivity index (χ0v) is 11.7. The van der Waals surface area contributed by atoms with E-state index in [1.54, 1.807) is 0 Å². The molecular weight excluding hydrogens is 275 g/mol. The van der Waals surface area contributed by atoms with Crippen LogP contribution in [0.5, 0.6) is 0 Å². The van der Waals surface area contributed by atoms with E-state index in [4.69, 9.17) is 5.11 Å². The molecule has 5 nitrogen and oxygen atoms in total. The monoisotopic (exact) mass is 294 g/mol. The van der Waals surface area contributed by atoms with Gasteiger partial charge in [0.1, 0.15) is 5.82 Å².